The number of carbonyl (C=O) groups is 1. The van der Waals surface area contributed by atoms with Crippen LogP contribution in [-0.2, 0) is 24.4 Å². The molecule has 2 rings (SSSR count). The molecule has 10 heteroatoms. The van der Waals surface area contributed by atoms with Gasteiger partial charge < -0.3 is 19.7 Å². The van der Waals surface area contributed by atoms with E-state index in [2.05, 4.69) is 33.5 Å². The number of fused-ring (bicyclic) bond motifs is 1. The van der Waals surface area contributed by atoms with Crippen LogP contribution in [-0.4, -0.2) is 61.7 Å². The molecule has 0 aliphatic carbocycles. The van der Waals surface area contributed by atoms with Crippen LogP contribution in [0.4, 0.5) is 13.2 Å². The summed E-state index contributed by atoms with van der Waals surface area (Å²) in [6.07, 6.45) is -2.90. The highest BCUT2D eigenvalue weighted by Crippen LogP contribution is 2.13. The van der Waals surface area contributed by atoms with Gasteiger partial charge in [-0.15, -0.1) is 10.2 Å². The highest BCUT2D eigenvalue weighted by molar-refractivity contribution is 5.73. The van der Waals surface area contributed by atoms with Crippen molar-refractivity contribution in [3.8, 4) is 0 Å². The van der Waals surface area contributed by atoms with E-state index >= 15 is 0 Å². The van der Waals surface area contributed by atoms with Gasteiger partial charge in [-0.3, -0.25) is 0 Å². The van der Waals surface area contributed by atoms with Gasteiger partial charge in [0.1, 0.15) is 12.4 Å². The van der Waals surface area contributed by atoms with E-state index in [1.807, 2.05) is 0 Å². The van der Waals surface area contributed by atoms with Gasteiger partial charge in [0.15, 0.2) is 5.82 Å². The Morgan fingerprint density at radius 2 is 1.88 bits per heavy atom. The lowest BCUT2D eigenvalue weighted by atomic mass is 10.1. The molecule has 0 spiro atoms. The second-order valence-corrected chi connectivity index (χ2v) is 5.92. The number of aliphatic carboxylic acids is 1. The number of hydrogen-bond acceptors (Lipinski definition) is 5. The van der Waals surface area contributed by atoms with Gasteiger partial charge in [0.25, 0.3) is 0 Å². The molecule has 0 unspecified atom stereocenters. The Hall–Kier alpha value is -1.68. The summed E-state index contributed by atoms with van der Waals surface area (Å²) in [5, 5.41) is 24.4. The molecule has 0 amide bonds. The molecular formula is C14H23F3N4O3. The van der Waals surface area contributed by atoms with E-state index in [1.54, 1.807) is 0 Å². The zero-order chi connectivity index (χ0) is 18.3. The first kappa shape index (κ1) is 20.4. The molecule has 0 saturated heterocycles. The van der Waals surface area contributed by atoms with Gasteiger partial charge in [0.05, 0.1) is 0 Å². The molecular weight excluding hydrogens is 329 g/mol. The quantitative estimate of drug-likeness (QED) is 0.849. The third-order valence-corrected chi connectivity index (χ3v) is 3.60. The lowest BCUT2D eigenvalue weighted by Crippen LogP contribution is -2.29. The highest BCUT2D eigenvalue weighted by atomic mass is 19.4. The Morgan fingerprint density at radius 3 is 2.38 bits per heavy atom. The molecule has 0 radical (unpaired) electrons. The van der Waals surface area contributed by atoms with E-state index in [4.69, 9.17) is 9.90 Å². The molecule has 1 aromatic heterocycles. The number of hydrogen-bond donors (Lipinski definition) is 2. The van der Waals surface area contributed by atoms with E-state index in [0.29, 0.717) is 5.82 Å². The summed E-state index contributed by atoms with van der Waals surface area (Å²) in [4.78, 5) is 11.4. The number of carboxylic acids is 1. The van der Waals surface area contributed by atoms with E-state index in [1.165, 1.54) is 6.42 Å². The van der Waals surface area contributed by atoms with Crippen LogP contribution >= 0.6 is 0 Å². The van der Waals surface area contributed by atoms with Gasteiger partial charge in [-0.05, 0) is 18.9 Å². The Bertz CT molecular complexity index is 532. The predicted octanol–water partition coefficient (Wildman–Crippen LogP) is 1.31. The highest BCUT2D eigenvalue weighted by Gasteiger charge is 2.38. The monoisotopic (exact) mass is 352 g/mol. The van der Waals surface area contributed by atoms with Crippen LogP contribution in [0.25, 0.3) is 0 Å². The van der Waals surface area contributed by atoms with Gasteiger partial charge >= 0.3 is 12.1 Å². The summed E-state index contributed by atoms with van der Waals surface area (Å²) >= 11 is 0. The van der Waals surface area contributed by atoms with Gasteiger partial charge in [-0.1, -0.05) is 13.8 Å². The average Bonchev–Trinajstić information content (AvgIpc) is 2.77. The molecule has 0 bridgehead atoms. The number of rotatable bonds is 4. The fourth-order valence-electron chi connectivity index (χ4n) is 2.21. The first-order valence-corrected chi connectivity index (χ1v) is 7.69. The fourth-order valence-corrected chi connectivity index (χ4v) is 2.21. The predicted molar refractivity (Wildman–Crippen MR) is 79.2 cm³/mol. The van der Waals surface area contributed by atoms with Crippen LogP contribution in [0.1, 0.15) is 31.9 Å². The second-order valence-electron chi connectivity index (χ2n) is 5.92. The van der Waals surface area contributed by atoms with Crippen molar-refractivity contribution < 1.29 is 28.2 Å². The first-order valence-electron chi connectivity index (χ1n) is 7.69. The van der Waals surface area contributed by atoms with Gasteiger partial charge in [0, 0.05) is 26.1 Å². The van der Waals surface area contributed by atoms with Crippen LogP contribution < -0.4 is 0 Å². The summed E-state index contributed by atoms with van der Waals surface area (Å²) in [7, 11) is 0. The van der Waals surface area contributed by atoms with E-state index in [-0.39, 0.29) is 6.61 Å². The number of aliphatic hydroxyl groups excluding tert-OH is 1. The maximum atomic E-state index is 10.6. The maximum Gasteiger partial charge on any atom is 0.490 e. The van der Waals surface area contributed by atoms with Crippen molar-refractivity contribution in [3.63, 3.8) is 0 Å². The number of aliphatic hydroxyl groups is 1. The minimum Gasteiger partial charge on any atom is -0.475 e. The smallest absolute Gasteiger partial charge is 0.475 e. The molecule has 0 fully saturated rings. The zero-order valence-electron chi connectivity index (χ0n) is 13.8. The normalized spacial score (nSPS) is 15.5. The van der Waals surface area contributed by atoms with Gasteiger partial charge in [-0.25, -0.2) is 4.79 Å². The molecule has 2 heterocycles. The van der Waals surface area contributed by atoms with E-state index in [0.717, 1.165) is 44.3 Å². The van der Waals surface area contributed by atoms with Crippen molar-refractivity contribution in [2.75, 3.05) is 19.6 Å². The Morgan fingerprint density at radius 1 is 1.25 bits per heavy atom. The number of halogens is 3. The molecule has 0 atom stereocenters. The van der Waals surface area contributed by atoms with E-state index < -0.39 is 12.1 Å². The molecule has 7 nitrogen and oxygen atoms in total. The lowest BCUT2D eigenvalue weighted by molar-refractivity contribution is -0.192. The molecule has 0 saturated carbocycles. The minimum atomic E-state index is -5.08. The third kappa shape index (κ3) is 6.44. The van der Waals surface area contributed by atoms with Crippen LogP contribution in [0.3, 0.4) is 0 Å². The van der Waals surface area contributed by atoms with Crippen LogP contribution in [0.2, 0.25) is 0 Å². The van der Waals surface area contributed by atoms with Crippen molar-refractivity contribution in [1.82, 2.24) is 19.7 Å². The lowest BCUT2D eigenvalue weighted by Gasteiger charge is -2.20. The van der Waals surface area contributed by atoms with Crippen molar-refractivity contribution in [1.29, 1.82) is 0 Å². The first-order chi connectivity index (χ1) is 11.1. The van der Waals surface area contributed by atoms with Crippen molar-refractivity contribution in [2.24, 2.45) is 5.92 Å². The maximum absolute atomic E-state index is 10.6. The Balaban J connectivity index is 0.000000351. The summed E-state index contributed by atoms with van der Waals surface area (Å²) in [5.74, 6) is -0.288. The second kappa shape index (κ2) is 8.97. The standard InChI is InChI=1S/C12H22N4O.C2HF3O2/c1-10(2)3-5-15-6-4-11-13-14-12(9-17)16(11)8-7-15;3-2(4,5)1(6)7/h10,17H,3-9H2,1-2H3;(H,6,7). The van der Waals surface area contributed by atoms with Crippen molar-refractivity contribution in [3.05, 3.63) is 11.6 Å². The van der Waals surface area contributed by atoms with Gasteiger partial charge in [0.2, 0.25) is 0 Å². The topological polar surface area (TPSA) is 91.5 Å². The molecule has 138 valence electrons. The summed E-state index contributed by atoms with van der Waals surface area (Å²) < 4.78 is 33.8. The third-order valence-electron chi connectivity index (χ3n) is 3.60. The summed E-state index contributed by atoms with van der Waals surface area (Å²) in [6.45, 7) is 8.65. The SMILES string of the molecule is CC(C)CCN1CCc2nnc(CO)n2CC1.O=C(O)C(F)(F)F. The molecule has 2 N–H and O–H groups in total. The average molecular weight is 352 g/mol. The molecule has 0 aromatic carbocycles. The largest absolute Gasteiger partial charge is 0.490 e. The van der Waals surface area contributed by atoms with E-state index in [9.17, 15) is 18.3 Å². The Labute approximate surface area is 138 Å². The number of alkyl halides is 3. The zero-order valence-corrected chi connectivity index (χ0v) is 13.8. The van der Waals surface area contributed by atoms with Crippen LogP contribution in [0.5, 0.6) is 0 Å². The number of aromatic nitrogens is 3. The Kier molecular flexibility index (Phi) is 7.61. The summed E-state index contributed by atoms with van der Waals surface area (Å²) in [6, 6.07) is 0. The summed E-state index contributed by atoms with van der Waals surface area (Å²) in [5.41, 5.74) is 0. The van der Waals surface area contributed by atoms with Crippen LogP contribution in [0.15, 0.2) is 0 Å². The fraction of sp³-hybridized carbons (Fsp3) is 0.786. The van der Waals surface area contributed by atoms with Gasteiger partial charge in [-0.2, -0.15) is 13.2 Å². The number of nitrogens with zero attached hydrogens (tertiary/aromatic N) is 4. The molecule has 24 heavy (non-hydrogen) atoms. The number of carboxylic acid groups (broad SMARTS) is 1. The molecule has 1 aromatic rings. The minimum absolute atomic E-state index is 0.0149. The molecule has 1 aliphatic heterocycles. The van der Waals surface area contributed by atoms with Crippen molar-refractivity contribution in [2.45, 2.75) is 46.0 Å². The van der Waals surface area contributed by atoms with Crippen molar-refractivity contribution >= 4 is 5.97 Å². The molecule has 1 aliphatic rings. The van der Waals surface area contributed by atoms with Crippen LogP contribution in [0, 0.1) is 5.92 Å².